The minimum Gasteiger partial charge on any atom is -0.202 e. The zero-order valence-corrected chi connectivity index (χ0v) is 9.52. The first kappa shape index (κ1) is 12.7. The minimum atomic E-state index is -2.10. The van der Waals surface area contributed by atoms with Crippen LogP contribution in [0.1, 0.15) is 25.7 Å². The third-order valence-electron chi connectivity index (χ3n) is 2.76. The standard InChI is InChI=1S/C11H9F5S/c12-6-7(13)9(15)11(10(16)8(6)14)17-5-3-1-2-4-5/h5H,1-4H2. The maximum atomic E-state index is 13.3. The Morgan fingerprint density at radius 1 is 0.706 bits per heavy atom. The molecule has 0 atom stereocenters. The van der Waals surface area contributed by atoms with E-state index in [2.05, 4.69) is 0 Å². The monoisotopic (exact) mass is 268 g/mol. The Kier molecular flexibility index (Phi) is 3.61. The summed E-state index contributed by atoms with van der Waals surface area (Å²) < 4.78 is 65.2. The highest BCUT2D eigenvalue weighted by atomic mass is 32.2. The molecule has 0 radical (unpaired) electrons. The van der Waals surface area contributed by atoms with Crippen molar-refractivity contribution in [2.75, 3.05) is 0 Å². The highest BCUT2D eigenvalue weighted by molar-refractivity contribution is 8.00. The molecule has 0 aliphatic heterocycles. The molecular weight excluding hydrogens is 259 g/mol. The molecule has 0 heterocycles. The van der Waals surface area contributed by atoms with E-state index in [-0.39, 0.29) is 5.25 Å². The summed E-state index contributed by atoms with van der Waals surface area (Å²) in [6.07, 6.45) is 3.33. The summed E-state index contributed by atoms with van der Waals surface area (Å²) >= 11 is 0.745. The van der Waals surface area contributed by atoms with Crippen molar-refractivity contribution in [3.8, 4) is 0 Å². The number of hydrogen-bond donors (Lipinski definition) is 0. The lowest BCUT2D eigenvalue weighted by molar-refractivity contribution is 0.360. The van der Waals surface area contributed by atoms with Gasteiger partial charge < -0.3 is 0 Å². The molecule has 1 aromatic carbocycles. The first-order valence-electron chi connectivity index (χ1n) is 5.20. The molecule has 2 rings (SSSR count). The predicted molar refractivity (Wildman–Crippen MR) is 54.3 cm³/mol. The fourth-order valence-corrected chi connectivity index (χ4v) is 3.15. The topological polar surface area (TPSA) is 0 Å². The lowest BCUT2D eigenvalue weighted by atomic mass is 10.3. The van der Waals surface area contributed by atoms with E-state index in [0.29, 0.717) is 0 Å². The Morgan fingerprint density at radius 2 is 1.12 bits per heavy atom. The Hall–Kier alpha value is -0.780. The van der Waals surface area contributed by atoms with E-state index in [1.807, 2.05) is 0 Å². The van der Waals surface area contributed by atoms with Crippen LogP contribution in [0.2, 0.25) is 0 Å². The second-order valence-electron chi connectivity index (χ2n) is 3.92. The summed E-state index contributed by atoms with van der Waals surface area (Å²) in [4.78, 5) is -0.756. The van der Waals surface area contributed by atoms with Crippen molar-refractivity contribution in [1.82, 2.24) is 0 Å². The van der Waals surface area contributed by atoms with Crippen LogP contribution < -0.4 is 0 Å². The number of benzene rings is 1. The van der Waals surface area contributed by atoms with Crippen LogP contribution in [0.3, 0.4) is 0 Å². The maximum absolute atomic E-state index is 13.3. The molecule has 0 nitrogen and oxygen atoms in total. The summed E-state index contributed by atoms with van der Waals surface area (Å²) in [5.41, 5.74) is 0. The normalized spacial score (nSPS) is 16.8. The number of thioether (sulfide) groups is 1. The van der Waals surface area contributed by atoms with E-state index in [0.717, 1.165) is 37.4 Å². The second-order valence-corrected chi connectivity index (χ2v) is 5.23. The molecule has 17 heavy (non-hydrogen) atoms. The minimum absolute atomic E-state index is 0.0664. The van der Waals surface area contributed by atoms with E-state index in [1.165, 1.54) is 0 Å². The van der Waals surface area contributed by atoms with Crippen molar-refractivity contribution in [3.63, 3.8) is 0 Å². The first-order chi connectivity index (χ1) is 8.02. The number of halogens is 5. The van der Waals surface area contributed by atoms with Gasteiger partial charge in [-0.05, 0) is 12.8 Å². The summed E-state index contributed by atoms with van der Waals surface area (Å²) in [7, 11) is 0. The van der Waals surface area contributed by atoms with E-state index in [4.69, 9.17) is 0 Å². The molecule has 1 aliphatic carbocycles. The van der Waals surface area contributed by atoms with Crippen LogP contribution >= 0.6 is 11.8 Å². The van der Waals surface area contributed by atoms with Gasteiger partial charge in [0, 0.05) is 5.25 Å². The number of hydrogen-bond acceptors (Lipinski definition) is 1. The fourth-order valence-electron chi connectivity index (χ4n) is 1.86. The van der Waals surface area contributed by atoms with Gasteiger partial charge in [0.2, 0.25) is 5.82 Å². The average molecular weight is 268 g/mol. The van der Waals surface area contributed by atoms with Crippen molar-refractivity contribution in [2.45, 2.75) is 35.8 Å². The van der Waals surface area contributed by atoms with E-state index >= 15 is 0 Å². The van der Waals surface area contributed by atoms with Crippen LogP contribution in [-0.2, 0) is 0 Å². The Morgan fingerprint density at radius 3 is 1.59 bits per heavy atom. The van der Waals surface area contributed by atoms with Crippen molar-refractivity contribution in [2.24, 2.45) is 0 Å². The van der Waals surface area contributed by atoms with Gasteiger partial charge in [-0.2, -0.15) is 0 Å². The van der Waals surface area contributed by atoms with Gasteiger partial charge in [0.15, 0.2) is 23.3 Å². The van der Waals surface area contributed by atoms with E-state index in [1.54, 1.807) is 0 Å². The van der Waals surface area contributed by atoms with Gasteiger partial charge in [-0.25, -0.2) is 22.0 Å². The Bertz CT molecular complexity index is 411. The Balaban J connectivity index is 2.38. The molecule has 94 valence electrons. The number of rotatable bonds is 2. The van der Waals surface area contributed by atoms with Crippen molar-refractivity contribution < 1.29 is 22.0 Å². The highest BCUT2D eigenvalue weighted by Gasteiger charge is 2.28. The highest BCUT2D eigenvalue weighted by Crippen LogP contribution is 2.39. The third-order valence-corrected chi connectivity index (χ3v) is 4.16. The smallest absolute Gasteiger partial charge is 0.200 e. The van der Waals surface area contributed by atoms with E-state index in [9.17, 15) is 22.0 Å². The molecule has 0 aromatic heterocycles. The van der Waals surface area contributed by atoms with Gasteiger partial charge in [-0.1, -0.05) is 12.8 Å². The van der Waals surface area contributed by atoms with Gasteiger partial charge in [-0.15, -0.1) is 11.8 Å². The van der Waals surface area contributed by atoms with Crippen LogP contribution in [0, 0.1) is 29.1 Å². The molecule has 6 heteroatoms. The quantitative estimate of drug-likeness (QED) is 0.435. The molecule has 1 aromatic rings. The summed E-state index contributed by atoms with van der Waals surface area (Å²) in [5.74, 6) is -9.29. The molecule has 0 N–H and O–H groups in total. The third kappa shape index (κ3) is 2.27. The molecular formula is C11H9F5S. The van der Waals surface area contributed by atoms with Crippen molar-refractivity contribution in [3.05, 3.63) is 29.1 Å². The van der Waals surface area contributed by atoms with Gasteiger partial charge >= 0.3 is 0 Å². The predicted octanol–water partition coefficient (Wildman–Crippen LogP) is 4.42. The van der Waals surface area contributed by atoms with Crippen LogP contribution in [0.25, 0.3) is 0 Å². The second kappa shape index (κ2) is 4.84. The molecule has 1 saturated carbocycles. The van der Waals surface area contributed by atoms with Crippen LogP contribution in [-0.4, -0.2) is 5.25 Å². The van der Waals surface area contributed by atoms with Crippen LogP contribution in [0.15, 0.2) is 4.90 Å². The average Bonchev–Trinajstić information content (AvgIpc) is 2.82. The molecule has 0 amide bonds. The van der Waals surface area contributed by atoms with Gasteiger partial charge in [-0.3, -0.25) is 0 Å². The lowest BCUT2D eigenvalue weighted by Crippen LogP contribution is -2.05. The van der Waals surface area contributed by atoms with Crippen molar-refractivity contribution in [1.29, 1.82) is 0 Å². The van der Waals surface area contributed by atoms with Gasteiger partial charge in [0.05, 0.1) is 4.90 Å². The van der Waals surface area contributed by atoms with Gasteiger partial charge in [0.1, 0.15) is 0 Å². The zero-order valence-electron chi connectivity index (χ0n) is 8.70. The van der Waals surface area contributed by atoms with Gasteiger partial charge in [0.25, 0.3) is 0 Å². The first-order valence-corrected chi connectivity index (χ1v) is 6.08. The van der Waals surface area contributed by atoms with E-state index < -0.39 is 34.0 Å². The summed E-state index contributed by atoms with van der Waals surface area (Å²) in [6.45, 7) is 0. The molecule has 0 saturated heterocycles. The SMILES string of the molecule is Fc1c(F)c(F)c(SC2CCCC2)c(F)c1F. The lowest BCUT2D eigenvalue weighted by Gasteiger charge is -2.11. The van der Waals surface area contributed by atoms with Crippen molar-refractivity contribution >= 4 is 11.8 Å². The molecule has 0 unspecified atom stereocenters. The molecule has 1 aliphatic rings. The fraction of sp³-hybridized carbons (Fsp3) is 0.455. The Labute approximate surface area is 99.2 Å². The molecule has 1 fully saturated rings. The zero-order chi connectivity index (χ0) is 12.6. The summed E-state index contributed by atoms with van der Waals surface area (Å²) in [5, 5.41) is -0.0664. The summed E-state index contributed by atoms with van der Waals surface area (Å²) in [6, 6.07) is 0. The largest absolute Gasteiger partial charge is 0.202 e. The van der Waals surface area contributed by atoms with Crippen LogP contribution in [0.5, 0.6) is 0 Å². The van der Waals surface area contributed by atoms with Crippen LogP contribution in [0.4, 0.5) is 22.0 Å². The molecule has 0 spiro atoms. The molecule has 0 bridgehead atoms. The maximum Gasteiger partial charge on any atom is 0.200 e.